The Morgan fingerprint density at radius 2 is 2.11 bits per heavy atom. The van der Waals surface area contributed by atoms with Crippen LogP contribution in [0.5, 0.6) is 0 Å². The van der Waals surface area contributed by atoms with Crippen molar-refractivity contribution in [1.82, 2.24) is 9.78 Å². The molecule has 0 atom stereocenters. The van der Waals surface area contributed by atoms with Crippen LogP contribution in [-0.4, -0.2) is 15.6 Å². The Labute approximate surface area is 129 Å². The molecular weight excluding hydrogens is 351 g/mol. The van der Waals surface area contributed by atoms with Crippen LogP contribution in [0.25, 0.3) is 0 Å². The molecule has 0 saturated heterocycles. The summed E-state index contributed by atoms with van der Waals surface area (Å²) in [4.78, 5) is 12.2. The first-order valence-electron chi connectivity index (χ1n) is 5.56. The number of hydrogen-bond donors (Lipinski definition) is 0. The van der Waals surface area contributed by atoms with Crippen LogP contribution in [0, 0.1) is 6.92 Å². The summed E-state index contributed by atoms with van der Waals surface area (Å²) >= 11 is 15.3. The van der Waals surface area contributed by atoms with E-state index in [1.807, 2.05) is 6.92 Å². The largest absolute Gasteiger partial charge is 0.294 e. The zero-order chi connectivity index (χ0) is 14.2. The first-order valence-corrected chi connectivity index (χ1v) is 7.11. The van der Waals surface area contributed by atoms with Crippen molar-refractivity contribution in [1.29, 1.82) is 0 Å². The zero-order valence-corrected chi connectivity index (χ0v) is 13.5. The highest BCUT2D eigenvalue weighted by Crippen LogP contribution is 2.25. The molecule has 100 valence electrons. The Bertz CT molecular complexity index is 652. The van der Waals surface area contributed by atoms with Crippen LogP contribution in [0.1, 0.15) is 21.6 Å². The van der Waals surface area contributed by atoms with Crippen LogP contribution in [0.2, 0.25) is 10.2 Å². The van der Waals surface area contributed by atoms with E-state index in [0.29, 0.717) is 20.2 Å². The third-order valence-electron chi connectivity index (χ3n) is 2.85. The second-order valence-corrected chi connectivity index (χ2v) is 5.83. The van der Waals surface area contributed by atoms with Crippen molar-refractivity contribution in [3.05, 3.63) is 49.7 Å². The molecule has 0 amide bonds. The minimum atomic E-state index is -0.0182. The highest BCUT2D eigenvalue weighted by Gasteiger charge is 2.16. The molecular formula is C13H11BrCl2N2O. The molecule has 1 aromatic heterocycles. The molecule has 0 aliphatic rings. The number of carbonyl (C=O) groups is 1. The molecule has 19 heavy (non-hydrogen) atoms. The van der Waals surface area contributed by atoms with Gasteiger partial charge in [0.05, 0.1) is 10.7 Å². The van der Waals surface area contributed by atoms with Crippen molar-refractivity contribution in [2.45, 2.75) is 13.3 Å². The number of ketones is 1. The van der Waals surface area contributed by atoms with Crippen molar-refractivity contribution >= 4 is 44.9 Å². The lowest BCUT2D eigenvalue weighted by Gasteiger charge is -2.03. The Hall–Kier alpha value is -0.840. The van der Waals surface area contributed by atoms with Gasteiger partial charge in [0.25, 0.3) is 0 Å². The van der Waals surface area contributed by atoms with E-state index in [-0.39, 0.29) is 12.2 Å². The van der Waals surface area contributed by atoms with Crippen LogP contribution in [-0.2, 0) is 13.5 Å². The molecule has 0 N–H and O–H groups in total. The SMILES string of the molecule is Cc1nn(C)c(Cl)c1CC(=O)c1ccc(Cl)c(Br)c1. The number of Topliss-reactive ketones (excluding diaryl/α,β-unsaturated/α-hetero) is 1. The molecule has 0 unspecified atom stereocenters. The molecule has 0 aliphatic carbocycles. The minimum absolute atomic E-state index is 0.0182. The van der Waals surface area contributed by atoms with Gasteiger partial charge in [-0.1, -0.05) is 23.2 Å². The number of benzene rings is 1. The number of carbonyl (C=O) groups excluding carboxylic acids is 1. The van der Waals surface area contributed by atoms with Crippen LogP contribution >= 0.6 is 39.1 Å². The number of halogens is 3. The quantitative estimate of drug-likeness (QED) is 0.767. The number of aryl methyl sites for hydroxylation is 2. The fourth-order valence-electron chi connectivity index (χ4n) is 1.81. The van der Waals surface area contributed by atoms with E-state index >= 15 is 0 Å². The van der Waals surface area contributed by atoms with E-state index in [4.69, 9.17) is 23.2 Å². The van der Waals surface area contributed by atoms with Gasteiger partial charge >= 0.3 is 0 Å². The average molecular weight is 362 g/mol. The Balaban J connectivity index is 2.28. The van der Waals surface area contributed by atoms with E-state index < -0.39 is 0 Å². The Morgan fingerprint density at radius 1 is 1.42 bits per heavy atom. The van der Waals surface area contributed by atoms with Gasteiger partial charge in [0.1, 0.15) is 5.15 Å². The molecule has 0 bridgehead atoms. The van der Waals surface area contributed by atoms with Gasteiger partial charge in [-0.2, -0.15) is 5.10 Å². The number of hydrogen-bond acceptors (Lipinski definition) is 2. The molecule has 3 nitrogen and oxygen atoms in total. The summed E-state index contributed by atoms with van der Waals surface area (Å²) in [6.07, 6.45) is 0.229. The van der Waals surface area contributed by atoms with E-state index in [2.05, 4.69) is 21.0 Å². The van der Waals surface area contributed by atoms with Gasteiger partial charge in [0.2, 0.25) is 0 Å². The molecule has 0 aliphatic heterocycles. The predicted octanol–water partition coefficient (Wildman–Crippen LogP) is 4.22. The van der Waals surface area contributed by atoms with Crippen molar-refractivity contribution in [3.8, 4) is 0 Å². The molecule has 1 heterocycles. The molecule has 2 aromatic rings. The lowest BCUT2D eigenvalue weighted by molar-refractivity contribution is 0.0992. The first kappa shape index (κ1) is 14.6. The second kappa shape index (κ2) is 5.65. The van der Waals surface area contributed by atoms with E-state index in [1.165, 1.54) is 0 Å². The predicted molar refractivity (Wildman–Crippen MR) is 80.1 cm³/mol. The van der Waals surface area contributed by atoms with Gasteiger partial charge in [-0.05, 0) is 41.1 Å². The Kier molecular flexibility index (Phi) is 4.33. The summed E-state index contributed by atoms with van der Waals surface area (Å²) in [6, 6.07) is 5.11. The van der Waals surface area contributed by atoms with Crippen molar-refractivity contribution in [2.24, 2.45) is 7.05 Å². The lowest BCUT2D eigenvalue weighted by Crippen LogP contribution is -2.04. The number of rotatable bonds is 3. The second-order valence-electron chi connectivity index (χ2n) is 4.21. The molecule has 0 spiro atoms. The third kappa shape index (κ3) is 3.02. The highest BCUT2D eigenvalue weighted by atomic mass is 79.9. The maximum atomic E-state index is 12.2. The third-order valence-corrected chi connectivity index (χ3v) is 4.54. The molecule has 1 aromatic carbocycles. The standard InChI is InChI=1S/C13H11BrCl2N2O/c1-7-9(13(16)18(2)17-7)6-12(19)8-3-4-11(15)10(14)5-8/h3-5H,6H2,1-2H3. The molecule has 2 rings (SSSR count). The Morgan fingerprint density at radius 3 is 2.63 bits per heavy atom. The van der Waals surface area contributed by atoms with E-state index in [9.17, 15) is 4.79 Å². The number of nitrogens with zero attached hydrogens (tertiary/aromatic N) is 2. The van der Waals surface area contributed by atoms with E-state index in [0.717, 1.165) is 11.3 Å². The van der Waals surface area contributed by atoms with Gasteiger partial charge in [0, 0.05) is 29.1 Å². The van der Waals surface area contributed by atoms with Crippen LogP contribution in [0.4, 0.5) is 0 Å². The summed E-state index contributed by atoms with van der Waals surface area (Å²) in [6.45, 7) is 1.84. The minimum Gasteiger partial charge on any atom is -0.294 e. The maximum Gasteiger partial charge on any atom is 0.167 e. The van der Waals surface area contributed by atoms with Crippen molar-refractivity contribution in [3.63, 3.8) is 0 Å². The van der Waals surface area contributed by atoms with Gasteiger partial charge in [0.15, 0.2) is 5.78 Å². The highest BCUT2D eigenvalue weighted by molar-refractivity contribution is 9.10. The molecule has 0 radical (unpaired) electrons. The van der Waals surface area contributed by atoms with E-state index in [1.54, 1.807) is 29.9 Å². The molecule has 6 heteroatoms. The van der Waals surface area contributed by atoms with Gasteiger partial charge in [-0.3, -0.25) is 9.48 Å². The van der Waals surface area contributed by atoms with Crippen molar-refractivity contribution < 1.29 is 4.79 Å². The number of aromatic nitrogens is 2. The topological polar surface area (TPSA) is 34.9 Å². The molecule has 0 saturated carbocycles. The normalized spacial score (nSPS) is 10.8. The summed E-state index contributed by atoms with van der Waals surface area (Å²) in [5.41, 5.74) is 2.13. The first-order chi connectivity index (χ1) is 8.90. The van der Waals surface area contributed by atoms with Crippen LogP contribution in [0.15, 0.2) is 22.7 Å². The summed E-state index contributed by atoms with van der Waals surface area (Å²) in [7, 11) is 1.75. The maximum absolute atomic E-state index is 12.2. The fraction of sp³-hybridized carbons (Fsp3) is 0.231. The van der Waals surface area contributed by atoms with Crippen LogP contribution in [0.3, 0.4) is 0 Å². The molecule has 0 fully saturated rings. The van der Waals surface area contributed by atoms with Gasteiger partial charge in [-0.25, -0.2) is 0 Å². The fourth-order valence-corrected chi connectivity index (χ4v) is 2.54. The van der Waals surface area contributed by atoms with Crippen molar-refractivity contribution in [2.75, 3.05) is 0 Å². The van der Waals surface area contributed by atoms with Crippen LogP contribution < -0.4 is 0 Å². The van der Waals surface area contributed by atoms with Gasteiger partial charge < -0.3 is 0 Å². The average Bonchev–Trinajstić information content (AvgIpc) is 2.59. The summed E-state index contributed by atoms with van der Waals surface area (Å²) < 4.78 is 2.27. The van der Waals surface area contributed by atoms with Gasteiger partial charge in [-0.15, -0.1) is 0 Å². The summed E-state index contributed by atoms with van der Waals surface area (Å²) in [5.74, 6) is -0.0182. The smallest absolute Gasteiger partial charge is 0.167 e. The zero-order valence-electron chi connectivity index (χ0n) is 10.4. The summed E-state index contributed by atoms with van der Waals surface area (Å²) in [5, 5.41) is 5.27. The monoisotopic (exact) mass is 360 g/mol. The lowest BCUT2D eigenvalue weighted by atomic mass is 10.0.